The molecule has 0 unspecified atom stereocenters. The lowest BCUT2D eigenvalue weighted by atomic mass is 10.2. The van der Waals surface area contributed by atoms with E-state index in [0.29, 0.717) is 19.0 Å². The zero-order valence-corrected chi connectivity index (χ0v) is 14.8. The third kappa shape index (κ3) is 4.09. The molecule has 0 bridgehead atoms. The molecule has 0 aliphatic carbocycles. The van der Waals surface area contributed by atoms with Crippen molar-refractivity contribution >= 4 is 16.8 Å². The zero-order chi connectivity index (χ0) is 17.8. The van der Waals surface area contributed by atoms with Crippen molar-refractivity contribution in [2.45, 2.75) is 45.9 Å². The van der Waals surface area contributed by atoms with Gasteiger partial charge in [-0.25, -0.2) is 0 Å². The Kier molecular flexibility index (Phi) is 5.19. The maximum absolute atomic E-state index is 11.1. The molecule has 2 heterocycles. The lowest BCUT2D eigenvalue weighted by Crippen LogP contribution is -2.14. The standard InChI is InChI=1S/C19H25N5O/c1-14(2)24-12-15(10-22-24)9-21-11-16-13-23(8-7-19(20)25)18-6-4-3-5-17(16)18/h3-6,10,12-14,21H,7-9,11H2,1-2H3,(H2,20,25). The highest BCUT2D eigenvalue weighted by atomic mass is 16.1. The van der Waals surface area contributed by atoms with Crippen LogP contribution < -0.4 is 11.1 Å². The van der Waals surface area contributed by atoms with Gasteiger partial charge in [0.1, 0.15) is 0 Å². The summed E-state index contributed by atoms with van der Waals surface area (Å²) in [6, 6.07) is 8.62. The second-order valence-electron chi connectivity index (χ2n) is 6.61. The molecule has 3 aromatic rings. The van der Waals surface area contributed by atoms with Crippen LogP contribution in [0.1, 0.15) is 37.4 Å². The van der Waals surface area contributed by atoms with Gasteiger partial charge >= 0.3 is 0 Å². The molecule has 1 aromatic carbocycles. The van der Waals surface area contributed by atoms with E-state index in [2.05, 4.69) is 53.4 Å². The van der Waals surface area contributed by atoms with E-state index in [-0.39, 0.29) is 5.91 Å². The van der Waals surface area contributed by atoms with E-state index in [4.69, 9.17) is 5.73 Å². The summed E-state index contributed by atoms with van der Waals surface area (Å²) in [5.74, 6) is -0.278. The first-order valence-corrected chi connectivity index (χ1v) is 8.63. The molecule has 132 valence electrons. The van der Waals surface area contributed by atoms with Crippen molar-refractivity contribution in [1.82, 2.24) is 19.7 Å². The number of rotatable bonds is 8. The van der Waals surface area contributed by atoms with Crippen molar-refractivity contribution in [1.29, 1.82) is 0 Å². The number of hydrogen-bond acceptors (Lipinski definition) is 3. The van der Waals surface area contributed by atoms with E-state index < -0.39 is 0 Å². The molecule has 0 fully saturated rings. The molecule has 0 radical (unpaired) electrons. The van der Waals surface area contributed by atoms with Gasteiger partial charge in [-0.3, -0.25) is 9.48 Å². The summed E-state index contributed by atoms with van der Waals surface area (Å²) in [5.41, 5.74) is 8.81. The van der Waals surface area contributed by atoms with Crippen molar-refractivity contribution in [3.63, 3.8) is 0 Å². The van der Waals surface area contributed by atoms with Crippen LogP contribution in [0.4, 0.5) is 0 Å². The van der Waals surface area contributed by atoms with Crippen LogP contribution in [0.15, 0.2) is 42.9 Å². The fourth-order valence-corrected chi connectivity index (χ4v) is 2.97. The van der Waals surface area contributed by atoms with Gasteiger partial charge in [-0.2, -0.15) is 5.10 Å². The minimum absolute atomic E-state index is 0.278. The van der Waals surface area contributed by atoms with Crippen LogP contribution in [0.25, 0.3) is 10.9 Å². The van der Waals surface area contributed by atoms with Gasteiger partial charge in [0, 0.05) is 61.0 Å². The van der Waals surface area contributed by atoms with Gasteiger partial charge in [0.05, 0.1) is 6.20 Å². The van der Waals surface area contributed by atoms with Gasteiger partial charge < -0.3 is 15.6 Å². The highest BCUT2D eigenvalue weighted by molar-refractivity contribution is 5.84. The molecular formula is C19H25N5O. The number of primary amides is 1. The summed E-state index contributed by atoms with van der Waals surface area (Å²) in [7, 11) is 0. The van der Waals surface area contributed by atoms with Crippen molar-refractivity contribution < 1.29 is 4.79 Å². The monoisotopic (exact) mass is 339 g/mol. The highest BCUT2D eigenvalue weighted by Crippen LogP contribution is 2.21. The van der Waals surface area contributed by atoms with Crippen molar-refractivity contribution in [3.05, 3.63) is 54.0 Å². The normalized spacial score (nSPS) is 11.5. The number of para-hydroxylation sites is 1. The quantitative estimate of drug-likeness (QED) is 0.662. The number of aromatic nitrogens is 3. The molecule has 6 heteroatoms. The van der Waals surface area contributed by atoms with Crippen LogP contribution in [0, 0.1) is 0 Å². The number of nitrogens with two attached hydrogens (primary N) is 1. The average Bonchev–Trinajstić information content (AvgIpc) is 3.19. The van der Waals surface area contributed by atoms with Crippen molar-refractivity contribution in [3.8, 4) is 0 Å². The second kappa shape index (κ2) is 7.53. The lowest BCUT2D eigenvalue weighted by Gasteiger charge is -2.04. The van der Waals surface area contributed by atoms with Crippen LogP contribution in [0.5, 0.6) is 0 Å². The second-order valence-corrected chi connectivity index (χ2v) is 6.61. The summed E-state index contributed by atoms with van der Waals surface area (Å²) < 4.78 is 4.07. The highest BCUT2D eigenvalue weighted by Gasteiger charge is 2.09. The molecule has 1 amide bonds. The van der Waals surface area contributed by atoms with Crippen LogP contribution in [0.3, 0.4) is 0 Å². The Hall–Kier alpha value is -2.60. The number of nitrogens with one attached hydrogen (secondary N) is 1. The maximum atomic E-state index is 11.1. The third-order valence-electron chi connectivity index (χ3n) is 4.30. The number of nitrogens with zero attached hydrogens (tertiary/aromatic N) is 3. The Labute approximate surface area is 147 Å². The van der Waals surface area contributed by atoms with Crippen molar-refractivity contribution in [2.75, 3.05) is 0 Å². The first kappa shape index (κ1) is 17.2. The SMILES string of the molecule is CC(C)n1cc(CNCc2cn(CCC(N)=O)c3ccccc23)cn1. The number of benzene rings is 1. The molecule has 2 aromatic heterocycles. The Morgan fingerprint density at radius 3 is 2.76 bits per heavy atom. The summed E-state index contributed by atoms with van der Waals surface area (Å²) in [6.07, 6.45) is 6.44. The van der Waals surface area contributed by atoms with Gasteiger partial charge in [-0.1, -0.05) is 18.2 Å². The smallest absolute Gasteiger partial charge is 0.219 e. The molecular weight excluding hydrogens is 314 g/mol. The van der Waals surface area contributed by atoms with Crippen molar-refractivity contribution in [2.24, 2.45) is 5.73 Å². The maximum Gasteiger partial charge on any atom is 0.219 e. The number of hydrogen-bond donors (Lipinski definition) is 2. The molecule has 0 atom stereocenters. The van der Waals surface area contributed by atoms with Gasteiger partial charge in [0.15, 0.2) is 0 Å². The molecule has 3 rings (SSSR count). The molecule has 25 heavy (non-hydrogen) atoms. The number of fused-ring (bicyclic) bond motifs is 1. The summed E-state index contributed by atoms with van der Waals surface area (Å²) in [6.45, 7) is 6.37. The Morgan fingerprint density at radius 2 is 2.04 bits per heavy atom. The van der Waals surface area contributed by atoms with E-state index in [1.165, 1.54) is 16.5 Å². The van der Waals surface area contributed by atoms with E-state index in [0.717, 1.165) is 18.6 Å². The van der Waals surface area contributed by atoms with Crippen LogP contribution in [-0.4, -0.2) is 20.3 Å². The molecule has 6 nitrogen and oxygen atoms in total. The average molecular weight is 339 g/mol. The van der Waals surface area contributed by atoms with Gasteiger partial charge in [0.2, 0.25) is 5.91 Å². The topological polar surface area (TPSA) is 77.9 Å². The Balaban J connectivity index is 1.69. The van der Waals surface area contributed by atoms with Crippen LogP contribution >= 0.6 is 0 Å². The van der Waals surface area contributed by atoms with E-state index in [1.54, 1.807) is 0 Å². The fraction of sp³-hybridized carbons (Fsp3) is 0.368. The number of carbonyl (C=O) groups excluding carboxylic acids is 1. The first-order chi connectivity index (χ1) is 12.0. The van der Waals surface area contributed by atoms with Gasteiger partial charge in [-0.05, 0) is 25.5 Å². The minimum Gasteiger partial charge on any atom is -0.370 e. The predicted octanol–water partition coefficient (Wildman–Crippen LogP) is 2.58. The van der Waals surface area contributed by atoms with E-state index >= 15 is 0 Å². The predicted molar refractivity (Wildman–Crippen MR) is 98.9 cm³/mol. The summed E-state index contributed by atoms with van der Waals surface area (Å²) >= 11 is 0. The van der Waals surface area contributed by atoms with E-state index in [1.807, 2.05) is 23.0 Å². The summed E-state index contributed by atoms with van der Waals surface area (Å²) in [5, 5.41) is 9.05. The summed E-state index contributed by atoms with van der Waals surface area (Å²) in [4.78, 5) is 11.1. The molecule has 0 aliphatic heterocycles. The number of carbonyl (C=O) groups is 1. The van der Waals surface area contributed by atoms with Gasteiger partial charge in [-0.15, -0.1) is 0 Å². The third-order valence-corrected chi connectivity index (χ3v) is 4.30. The van der Waals surface area contributed by atoms with E-state index in [9.17, 15) is 4.79 Å². The molecule has 0 saturated heterocycles. The largest absolute Gasteiger partial charge is 0.370 e. The van der Waals surface area contributed by atoms with Crippen LogP contribution in [-0.2, 0) is 24.4 Å². The van der Waals surface area contributed by atoms with Crippen LogP contribution in [0.2, 0.25) is 0 Å². The zero-order valence-electron chi connectivity index (χ0n) is 14.8. The molecule has 0 spiro atoms. The fourth-order valence-electron chi connectivity index (χ4n) is 2.97. The molecule has 0 saturated carbocycles. The lowest BCUT2D eigenvalue weighted by molar-refractivity contribution is -0.118. The number of aryl methyl sites for hydroxylation is 1. The first-order valence-electron chi connectivity index (χ1n) is 8.63. The Bertz CT molecular complexity index is 862. The Morgan fingerprint density at radius 1 is 1.24 bits per heavy atom. The molecule has 3 N–H and O–H groups in total. The molecule has 0 aliphatic rings. The number of amides is 1. The minimum atomic E-state index is -0.278. The van der Waals surface area contributed by atoms with Gasteiger partial charge in [0.25, 0.3) is 0 Å².